The highest BCUT2D eigenvalue weighted by molar-refractivity contribution is 7.18. The van der Waals surface area contributed by atoms with Crippen molar-refractivity contribution in [2.75, 3.05) is 24.5 Å². The van der Waals surface area contributed by atoms with Crippen LogP contribution in [0, 0.1) is 12.3 Å². The third-order valence-corrected chi connectivity index (χ3v) is 7.83. The molecule has 2 aromatic heterocycles. The number of carbonyl (C=O) groups is 1. The summed E-state index contributed by atoms with van der Waals surface area (Å²) in [5.74, 6) is 1.44. The molecule has 3 fully saturated rings. The molecule has 0 bridgehead atoms. The first-order chi connectivity index (χ1) is 13.2. The van der Waals surface area contributed by atoms with Crippen LogP contribution in [0.3, 0.4) is 0 Å². The summed E-state index contributed by atoms with van der Waals surface area (Å²) < 4.78 is 0. The predicted molar refractivity (Wildman–Crippen MR) is 109 cm³/mol. The molecule has 1 saturated carbocycles. The summed E-state index contributed by atoms with van der Waals surface area (Å²) in [6.45, 7) is 4.82. The van der Waals surface area contributed by atoms with E-state index in [0.29, 0.717) is 11.9 Å². The molecule has 0 aromatic carbocycles. The largest absolute Gasteiger partial charge is 0.355 e. The van der Waals surface area contributed by atoms with Crippen molar-refractivity contribution in [3.8, 4) is 0 Å². The Hall–Kier alpha value is -1.69. The summed E-state index contributed by atoms with van der Waals surface area (Å²) >= 11 is 1.72. The van der Waals surface area contributed by atoms with Crippen molar-refractivity contribution in [3.05, 3.63) is 17.3 Å². The number of nitrogens with zero attached hydrogens (tertiary/aromatic N) is 4. The smallest absolute Gasteiger partial charge is 0.230 e. The van der Waals surface area contributed by atoms with E-state index in [1.807, 2.05) is 0 Å². The molecule has 5 rings (SSSR count). The van der Waals surface area contributed by atoms with Crippen molar-refractivity contribution < 1.29 is 4.79 Å². The number of hydrogen-bond acceptors (Lipinski definition) is 5. The van der Waals surface area contributed by atoms with E-state index in [1.165, 1.54) is 37.0 Å². The molecule has 1 atom stereocenters. The van der Waals surface area contributed by atoms with Crippen LogP contribution in [0.2, 0.25) is 0 Å². The third-order valence-electron chi connectivity index (χ3n) is 6.87. The summed E-state index contributed by atoms with van der Waals surface area (Å²) in [6.07, 6.45) is 11.1. The van der Waals surface area contributed by atoms with Gasteiger partial charge in [-0.05, 0) is 45.1 Å². The zero-order valence-corrected chi connectivity index (χ0v) is 16.9. The molecule has 2 aromatic rings. The Morgan fingerprint density at radius 2 is 1.96 bits per heavy atom. The lowest BCUT2D eigenvalue weighted by molar-refractivity contribution is -0.148. The van der Waals surface area contributed by atoms with Crippen molar-refractivity contribution >= 4 is 33.3 Å². The van der Waals surface area contributed by atoms with E-state index in [9.17, 15) is 4.79 Å². The number of carbonyl (C=O) groups excluding carboxylic acids is 1. The van der Waals surface area contributed by atoms with Crippen molar-refractivity contribution in [1.29, 1.82) is 0 Å². The van der Waals surface area contributed by atoms with Crippen LogP contribution in [0.25, 0.3) is 10.2 Å². The average Bonchev–Trinajstić information content (AvgIpc) is 3.28. The summed E-state index contributed by atoms with van der Waals surface area (Å²) in [7, 11) is 0. The SMILES string of the molecule is Cc1cc2c(N3CC[C@]4(CCCN(C5CCCCC5)C4=O)C3)ncnc2s1. The van der Waals surface area contributed by atoms with E-state index in [-0.39, 0.29) is 5.41 Å². The fraction of sp³-hybridized carbons (Fsp3) is 0.667. The van der Waals surface area contributed by atoms with Gasteiger partial charge in [-0.25, -0.2) is 9.97 Å². The van der Waals surface area contributed by atoms with Gasteiger partial charge < -0.3 is 9.80 Å². The topological polar surface area (TPSA) is 49.3 Å². The second-order valence-electron chi connectivity index (χ2n) is 8.62. The minimum Gasteiger partial charge on any atom is -0.355 e. The van der Waals surface area contributed by atoms with Crippen molar-refractivity contribution in [2.45, 2.75) is 64.3 Å². The maximum Gasteiger partial charge on any atom is 0.230 e. The van der Waals surface area contributed by atoms with Gasteiger partial charge >= 0.3 is 0 Å². The van der Waals surface area contributed by atoms with Gasteiger partial charge in [-0.1, -0.05) is 19.3 Å². The highest BCUT2D eigenvalue weighted by atomic mass is 32.1. The number of aryl methyl sites for hydroxylation is 1. The van der Waals surface area contributed by atoms with Crippen molar-refractivity contribution in [3.63, 3.8) is 0 Å². The molecule has 144 valence electrons. The zero-order valence-electron chi connectivity index (χ0n) is 16.1. The van der Waals surface area contributed by atoms with E-state index < -0.39 is 0 Å². The Morgan fingerprint density at radius 3 is 2.81 bits per heavy atom. The second kappa shape index (κ2) is 6.73. The normalized spacial score (nSPS) is 27.2. The van der Waals surface area contributed by atoms with Gasteiger partial charge in [0.25, 0.3) is 0 Å². The molecule has 0 N–H and O–H groups in total. The maximum atomic E-state index is 13.6. The van der Waals surface area contributed by atoms with Crippen LogP contribution in [0.1, 0.15) is 56.2 Å². The molecule has 1 aliphatic carbocycles. The number of amides is 1. The molecule has 2 aliphatic heterocycles. The number of rotatable bonds is 2. The Kier molecular flexibility index (Phi) is 4.34. The number of likely N-dealkylation sites (tertiary alicyclic amines) is 1. The highest BCUT2D eigenvalue weighted by Crippen LogP contribution is 2.44. The number of piperidine rings is 1. The lowest BCUT2D eigenvalue weighted by Gasteiger charge is -2.44. The van der Waals surface area contributed by atoms with Crippen LogP contribution in [0.4, 0.5) is 5.82 Å². The first-order valence-electron chi connectivity index (χ1n) is 10.4. The van der Waals surface area contributed by atoms with Gasteiger partial charge in [-0.3, -0.25) is 4.79 Å². The third kappa shape index (κ3) is 2.93. The van der Waals surface area contributed by atoms with Gasteiger partial charge in [0.05, 0.1) is 10.8 Å². The second-order valence-corrected chi connectivity index (χ2v) is 9.85. The number of hydrogen-bond donors (Lipinski definition) is 0. The molecule has 6 heteroatoms. The molecule has 27 heavy (non-hydrogen) atoms. The molecule has 4 heterocycles. The number of fused-ring (bicyclic) bond motifs is 1. The summed E-state index contributed by atoms with van der Waals surface area (Å²) in [5, 5.41) is 1.14. The fourth-order valence-corrected chi connectivity index (χ4v) is 6.33. The summed E-state index contributed by atoms with van der Waals surface area (Å²) in [6, 6.07) is 2.68. The highest BCUT2D eigenvalue weighted by Gasteiger charge is 2.50. The molecule has 1 spiro atoms. The average molecular weight is 385 g/mol. The molecule has 2 saturated heterocycles. The molecule has 1 amide bonds. The van der Waals surface area contributed by atoms with Crippen LogP contribution >= 0.6 is 11.3 Å². The molecule has 0 radical (unpaired) electrons. The van der Waals surface area contributed by atoms with Crippen LogP contribution in [-0.4, -0.2) is 46.5 Å². The van der Waals surface area contributed by atoms with Crippen LogP contribution in [-0.2, 0) is 4.79 Å². The van der Waals surface area contributed by atoms with Crippen molar-refractivity contribution in [2.24, 2.45) is 5.41 Å². The molecule has 0 unspecified atom stereocenters. The number of aromatic nitrogens is 2. The number of thiophene rings is 1. The van der Waals surface area contributed by atoms with Gasteiger partial charge in [0, 0.05) is 30.6 Å². The summed E-state index contributed by atoms with van der Waals surface area (Å²) in [5.41, 5.74) is -0.196. The minimum atomic E-state index is -0.196. The Labute approximate surface area is 164 Å². The van der Waals surface area contributed by atoms with Gasteiger partial charge in [-0.15, -0.1) is 11.3 Å². The lowest BCUT2D eigenvalue weighted by Crippen LogP contribution is -2.54. The zero-order chi connectivity index (χ0) is 18.4. The van der Waals surface area contributed by atoms with Gasteiger partial charge in [0.15, 0.2) is 0 Å². The first-order valence-corrected chi connectivity index (χ1v) is 11.3. The molecular weight excluding hydrogens is 356 g/mol. The first kappa shape index (κ1) is 17.4. The predicted octanol–water partition coefficient (Wildman–Crippen LogP) is 4.15. The fourth-order valence-electron chi connectivity index (χ4n) is 5.49. The molecule has 5 nitrogen and oxygen atoms in total. The van der Waals surface area contributed by atoms with Gasteiger partial charge in [0.1, 0.15) is 17.0 Å². The van der Waals surface area contributed by atoms with Gasteiger partial charge in [0.2, 0.25) is 5.91 Å². The van der Waals surface area contributed by atoms with E-state index >= 15 is 0 Å². The van der Waals surface area contributed by atoms with E-state index in [0.717, 1.165) is 54.9 Å². The standard InChI is InChI=1S/C21H28N4OS/c1-15-12-17-18(22-14-23-19(17)27-15)24-11-9-21(13-24)8-5-10-25(20(21)26)16-6-3-2-4-7-16/h12,14,16H,2-11,13H2,1H3/t21-/m1/s1. The van der Waals surface area contributed by atoms with Crippen LogP contribution in [0.15, 0.2) is 12.4 Å². The van der Waals surface area contributed by atoms with Gasteiger partial charge in [-0.2, -0.15) is 0 Å². The monoisotopic (exact) mass is 384 g/mol. The molecular formula is C21H28N4OS. The lowest BCUT2D eigenvalue weighted by atomic mass is 9.77. The number of anilines is 1. The van der Waals surface area contributed by atoms with E-state index in [2.05, 4.69) is 32.8 Å². The minimum absolute atomic E-state index is 0.196. The van der Waals surface area contributed by atoms with E-state index in [4.69, 9.17) is 0 Å². The van der Waals surface area contributed by atoms with Crippen LogP contribution < -0.4 is 4.90 Å². The van der Waals surface area contributed by atoms with E-state index in [1.54, 1.807) is 17.7 Å². The molecule has 3 aliphatic rings. The maximum absolute atomic E-state index is 13.6. The van der Waals surface area contributed by atoms with Crippen LogP contribution in [0.5, 0.6) is 0 Å². The summed E-state index contributed by atoms with van der Waals surface area (Å²) in [4.78, 5) is 29.5. The Bertz CT molecular complexity index is 859. The quantitative estimate of drug-likeness (QED) is 0.780. The Balaban J connectivity index is 1.40. The Morgan fingerprint density at radius 1 is 1.11 bits per heavy atom. The van der Waals surface area contributed by atoms with Crippen molar-refractivity contribution in [1.82, 2.24) is 14.9 Å².